The molecular weight excluding hydrogens is 298 g/mol. The quantitative estimate of drug-likeness (QED) is 0.682. The van der Waals surface area contributed by atoms with Crippen LogP contribution in [0.4, 0.5) is 11.6 Å². The SMILES string of the molecule is CNc1ncc(Cl)c(Oc2ccc(C#N)cc2[N+](=O)[O-])n1. The molecule has 2 aromatic rings. The van der Waals surface area contributed by atoms with E-state index in [1.165, 1.54) is 18.3 Å². The van der Waals surface area contributed by atoms with Gasteiger partial charge in [0.2, 0.25) is 17.6 Å². The maximum atomic E-state index is 11.0. The maximum Gasteiger partial charge on any atom is 0.312 e. The number of hydrogen-bond donors (Lipinski definition) is 1. The number of halogens is 1. The van der Waals surface area contributed by atoms with E-state index in [0.717, 1.165) is 6.07 Å². The summed E-state index contributed by atoms with van der Waals surface area (Å²) in [7, 11) is 1.61. The fourth-order valence-electron chi connectivity index (χ4n) is 1.46. The van der Waals surface area contributed by atoms with Crippen molar-refractivity contribution in [2.45, 2.75) is 0 Å². The van der Waals surface area contributed by atoms with Crippen LogP contribution >= 0.6 is 11.6 Å². The van der Waals surface area contributed by atoms with Crippen LogP contribution in [-0.2, 0) is 0 Å². The Morgan fingerprint density at radius 2 is 2.29 bits per heavy atom. The molecule has 106 valence electrons. The summed E-state index contributed by atoms with van der Waals surface area (Å²) < 4.78 is 5.37. The van der Waals surface area contributed by atoms with E-state index in [0.29, 0.717) is 0 Å². The Balaban J connectivity index is 2.44. The fraction of sp³-hybridized carbons (Fsp3) is 0.0833. The van der Waals surface area contributed by atoms with Gasteiger partial charge in [-0.1, -0.05) is 11.6 Å². The van der Waals surface area contributed by atoms with E-state index in [9.17, 15) is 10.1 Å². The Labute approximate surface area is 124 Å². The van der Waals surface area contributed by atoms with E-state index >= 15 is 0 Å². The first-order valence-electron chi connectivity index (χ1n) is 5.62. The molecule has 0 unspecified atom stereocenters. The zero-order valence-electron chi connectivity index (χ0n) is 10.7. The molecule has 1 heterocycles. The number of anilines is 1. The van der Waals surface area contributed by atoms with E-state index in [4.69, 9.17) is 21.6 Å². The van der Waals surface area contributed by atoms with E-state index < -0.39 is 4.92 Å². The molecule has 1 aromatic carbocycles. The van der Waals surface area contributed by atoms with Gasteiger partial charge in [0, 0.05) is 13.1 Å². The summed E-state index contributed by atoms with van der Waals surface area (Å²) in [6.07, 6.45) is 1.31. The summed E-state index contributed by atoms with van der Waals surface area (Å²) in [5, 5.41) is 22.6. The van der Waals surface area contributed by atoms with Gasteiger partial charge in [0.05, 0.1) is 22.8 Å². The van der Waals surface area contributed by atoms with Crippen LogP contribution in [-0.4, -0.2) is 21.9 Å². The van der Waals surface area contributed by atoms with Crippen molar-refractivity contribution in [3.63, 3.8) is 0 Å². The summed E-state index contributed by atoms with van der Waals surface area (Å²) >= 11 is 5.89. The Bertz CT molecular complexity index is 744. The summed E-state index contributed by atoms with van der Waals surface area (Å²) in [6.45, 7) is 0. The molecular formula is C12H8ClN5O3. The molecule has 0 radical (unpaired) electrons. The first kappa shape index (κ1) is 14.5. The highest BCUT2D eigenvalue weighted by Gasteiger charge is 2.19. The number of nitro groups is 1. The largest absolute Gasteiger partial charge is 0.430 e. The van der Waals surface area contributed by atoms with Gasteiger partial charge >= 0.3 is 5.69 Å². The minimum absolute atomic E-state index is 0.0242. The molecule has 0 aliphatic carbocycles. The Morgan fingerprint density at radius 3 is 2.90 bits per heavy atom. The number of hydrogen-bond acceptors (Lipinski definition) is 7. The number of benzene rings is 1. The number of ether oxygens (including phenoxy) is 1. The topological polar surface area (TPSA) is 114 Å². The molecule has 0 amide bonds. The van der Waals surface area contributed by atoms with Gasteiger partial charge in [-0.15, -0.1) is 0 Å². The molecule has 0 bridgehead atoms. The van der Waals surface area contributed by atoms with Crippen LogP contribution in [0.25, 0.3) is 0 Å². The van der Waals surface area contributed by atoms with Crippen LogP contribution in [0.5, 0.6) is 11.6 Å². The van der Waals surface area contributed by atoms with Gasteiger partial charge in [-0.3, -0.25) is 10.1 Å². The molecule has 1 aromatic heterocycles. The van der Waals surface area contributed by atoms with Crippen molar-refractivity contribution in [1.82, 2.24) is 9.97 Å². The molecule has 21 heavy (non-hydrogen) atoms. The number of nitrogens with one attached hydrogen (secondary N) is 1. The highest BCUT2D eigenvalue weighted by atomic mass is 35.5. The minimum Gasteiger partial charge on any atom is -0.430 e. The fourth-order valence-corrected chi connectivity index (χ4v) is 1.59. The zero-order valence-corrected chi connectivity index (χ0v) is 11.5. The standard InChI is InChI=1S/C12H8ClN5O3/c1-15-12-16-6-8(13)11(17-12)21-10-3-2-7(5-14)4-9(10)18(19)20/h2-4,6H,1H3,(H,15,16,17). The summed E-state index contributed by atoms with van der Waals surface area (Å²) in [4.78, 5) is 18.2. The maximum absolute atomic E-state index is 11.0. The number of nitrogens with zero attached hydrogens (tertiary/aromatic N) is 4. The van der Waals surface area contributed by atoms with Crippen molar-refractivity contribution in [3.05, 3.63) is 45.1 Å². The lowest BCUT2D eigenvalue weighted by Crippen LogP contribution is -2.00. The lowest BCUT2D eigenvalue weighted by atomic mass is 10.2. The highest BCUT2D eigenvalue weighted by molar-refractivity contribution is 6.31. The van der Waals surface area contributed by atoms with Crippen LogP contribution in [0.15, 0.2) is 24.4 Å². The molecule has 0 aliphatic rings. The molecule has 9 heteroatoms. The molecule has 1 N–H and O–H groups in total. The van der Waals surface area contributed by atoms with E-state index in [1.54, 1.807) is 7.05 Å². The predicted molar refractivity (Wildman–Crippen MR) is 74.5 cm³/mol. The lowest BCUT2D eigenvalue weighted by molar-refractivity contribution is -0.385. The van der Waals surface area contributed by atoms with Gasteiger partial charge in [-0.2, -0.15) is 10.2 Å². The summed E-state index contributed by atoms with van der Waals surface area (Å²) in [5.41, 5.74) is -0.200. The number of aromatic nitrogens is 2. The van der Waals surface area contributed by atoms with Gasteiger partial charge in [-0.05, 0) is 12.1 Å². The van der Waals surface area contributed by atoms with Crippen LogP contribution in [0.2, 0.25) is 5.02 Å². The van der Waals surface area contributed by atoms with Gasteiger partial charge in [-0.25, -0.2) is 4.98 Å². The smallest absolute Gasteiger partial charge is 0.312 e. The van der Waals surface area contributed by atoms with Crippen molar-refractivity contribution in [3.8, 4) is 17.7 Å². The van der Waals surface area contributed by atoms with Crippen molar-refractivity contribution >= 4 is 23.2 Å². The van der Waals surface area contributed by atoms with Crippen molar-refractivity contribution in [2.75, 3.05) is 12.4 Å². The average molecular weight is 306 g/mol. The second-order valence-electron chi connectivity index (χ2n) is 3.75. The minimum atomic E-state index is -0.649. The molecule has 2 rings (SSSR count). The molecule has 0 spiro atoms. The molecule has 0 aliphatic heterocycles. The van der Waals surface area contributed by atoms with E-state index in [2.05, 4.69) is 15.3 Å². The molecule has 8 nitrogen and oxygen atoms in total. The van der Waals surface area contributed by atoms with Crippen molar-refractivity contribution < 1.29 is 9.66 Å². The van der Waals surface area contributed by atoms with E-state index in [-0.39, 0.29) is 33.9 Å². The number of nitro benzene ring substituents is 1. The van der Waals surface area contributed by atoms with Gasteiger partial charge in [0.15, 0.2) is 0 Å². The number of nitriles is 1. The molecule has 0 fully saturated rings. The normalized spacial score (nSPS) is 9.76. The van der Waals surface area contributed by atoms with Gasteiger partial charge in [0.25, 0.3) is 0 Å². The van der Waals surface area contributed by atoms with Gasteiger partial charge in [0.1, 0.15) is 5.02 Å². The highest BCUT2D eigenvalue weighted by Crippen LogP contribution is 2.34. The molecule has 0 atom stereocenters. The van der Waals surface area contributed by atoms with Crippen LogP contribution in [0.3, 0.4) is 0 Å². The van der Waals surface area contributed by atoms with Crippen LogP contribution in [0, 0.1) is 21.4 Å². The first-order chi connectivity index (χ1) is 10.0. The second kappa shape index (κ2) is 6.02. The Morgan fingerprint density at radius 1 is 1.52 bits per heavy atom. The van der Waals surface area contributed by atoms with Crippen LogP contribution in [0.1, 0.15) is 5.56 Å². The average Bonchev–Trinajstić information content (AvgIpc) is 2.49. The van der Waals surface area contributed by atoms with Crippen LogP contribution < -0.4 is 10.1 Å². The first-order valence-corrected chi connectivity index (χ1v) is 5.99. The Hall–Kier alpha value is -2.92. The summed E-state index contributed by atoms with van der Waals surface area (Å²) in [6, 6.07) is 5.65. The monoisotopic (exact) mass is 305 g/mol. The van der Waals surface area contributed by atoms with E-state index in [1.807, 2.05) is 6.07 Å². The van der Waals surface area contributed by atoms with Gasteiger partial charge < -0.3 is 10.1 Å². The third-order valence-corrected chi connectivity index (χ3v) is 2.69. The zero-order chi connectivity index (χ0) is 15.4. The summed E-state index contributed by atoms with van der Waals surface area (Å²) in [5.74, 6) is 0.163. The Kier molecular flexibility index (Phi) is 4.15. The molecule has 0 saturated heterocycles. The number of rotatable bonds is 4. The second-order valence-corrected chi connectivity index (χ2v) is 4.16. The third-order valence-electron chi connectivity index (χ3n) is 2.43. The van der Waals surface area contributed by atoms with Crippen molar-refractivity contribution in [2.24, 2.45) is 0 Å². The van der Waals surface area contributed by atoms with Crippen molar-refractivity contribution in [1.29, 1.82) is 5.26 Å². The lowest BCUT2D eigenvalue weighted by Gasteiger charge is -2.08. The molecule has 0 saturated carbocycles. The third kappa shape index (κ3) is 3.16. The predicted octanol–water partition coefficient (Wildman–Crippen LogP) is 2.74.